The molecule has 3 rings (SSSR count). The van der Waals surface area contributed by atoms with Gasteiger partial charge in [-0.05, 0) is 42.9 Å². The molecule has 6 heteroatoms. The maximum Gasteiger partial charge on any atom is 0.310 e. The van der Waals surface area contributed by atoms with Crippen molar-refractivity contribution in [1.29, 1.82) is 0 Å². The highest BCUT2D eigenvalue weighted by Gasteiger charge is 2.63. The van der Waals surface area contributed by atoms with E-state index in [-0.39, 0.29) is 31.7 Å². The lowest BCUT2D eigenvalue weighted by atomic mass is 9.69. The number of fused-ring (bicyclic) bond motifs is 5. The second-order valence-corrected chi connectivity index (χ2v) is 7.52. The van der Waals surface area contributed by atoms with Crippen LogP contribution in [0.25, 0.3) is 0 Å². The van der Waals surface area contributed by atoms with E-state index in [0.29, 0.717) is 11.8 Å². The Labute approximate surface area is 154 Å². The van der Waals surface area contributed by atoms with Gasteiger partial charge in [0.15, 0.2) is 6.29 Å². The van der Waals surface area contributed by atoms with Gasteiger partial charge in [0, 0.05) is 0 Å². The number of carboxylic acid groups (broad SMARTS) is 1. The van der Waals surface area contributed by atoms with Crippen molar-refractivity contribution in [2.24, 2.45) is 35.5 Å². The molecule has 2 bridgehead atoms. The van der Waals surface area contributed by atoms with Crippen LogP contribution in [0.2, 0.25) is 0 Å². The van der Waals surface area contributed by atoms with Crippen LogP contribution in [-0.4, -0.2) is 43.2 Å². The average Bonchev–Trinajstić information content (AvgIpc) is 3.31. The standard InChI is InChI=1S/C20H28O6/c1-3-8-24-16(25-9-4-2)11-26-20(23)18-15-10-14(17(18)19(21)22)12-6-5-7-13(12)15/h3-4,12-18H,1-2,5-11H2,(H,21,22). The molecule has 0 radical (unpaired) electrons. The summed E-state index contributed by atoms with van der Waals surface area (Å²) < 4.78 is 16.3. The molecule has 0 heterocycles. The van der Waals surface area contributed by atoms with Gasteiger partial charge in [-0.25, -0.2) is 0 Å². The maximum atomic E-state index is 12.8. The van der Waals surface area contributed by atoms with Gasteiger partial charge >= 0.3 is 11.9 Å². The monoisotopic (exact) mass is 364 g/mol. The number of carbonyl (C=O) groups excluding carboxylic acids is 1. The largest absolute Gasteiger partial charge is 0.481 e. The molecule has 0 spiro atoms. The Morgan fingerprint density at radius 2 is 1.58 bits per heavy atom. The van der Waals surface area contributed by atoms with Gasteiger partial charge in [0.05, 0.1) is 25.0 Å². The molecule has 0 saturated heterocycles. The third-order valence-corrected chi connectivity index (χ3v) is 6.30. The van der Waals surface area contributed by atoms with Crippen molar-refractivity contribution in [1.82, 2.24) is 0 Å². The van der Waals surface area contributed by atoms with E-state index in [0.717, 1.165) is 25.7 Å². The van der Waals surface area contributed by atoms with Crippen LogP contribution in [-0.2, 0) is 23.8 Å². The normalized spacial score (nSPS) is 34.7. The first-order chi connectivity index (χ1) is 12.6. The fourth-order valence-corrected chi connectivity index (χ4v) is 5.50. The van der Waals surface area contributed by atoms with Gasteiger partial charge in [-0.3, -0.25) is 9.59 Å². The van der Waals surface area contributed by atoms with Crippen molar-refractivity contribution in [3.63, 3.8) is 0 Å². The second-order valence-electron chi connectivity index (χ2n) is 7.52. The van der Waals surface area contributed by atoms with E-state index in [9.17, 15) is 14.7 Å². The third-order valence-electron chi connectivity index (χ3n) is 6.30. The molecule has 0 aromatic carbocycles. The third kappa shape index (κ3) is 3.58. The number of aliphatic carboxylic acids is 1. The molecular weight excluding hydrogens is 336 g/mol. The highest BCUT2D eigenvalue weighted by molar-refractivity contribution is 5.83. The highest BCUT2D eigenvalue weighted by atomic mass is 16.7. The molecule has 0 aliphatic heterocycles. The van der Waals surface area contributed by atoms with E-state index in [1.54, 1.807) is 12.2 Å². The molecule has 0 aromatic heterocycles. The van der Waals surface area contributed by atoms with Gasteiger partial charge in [0.2, 0.25) is 0 Å². The van der Waals surface area contributed by atoms with Crippen molar-refractivity contribution >= 4 is 11.9 Å². The summed E-state index contributed by atoms with van der Waals surface area (Å²) in [6, 6.07) is 0. The summed E-state index contributed by atoms with van der Waals surface area (Å²) in [6.45, 7) is 7.65. The maximum absolute atomic E-state index is 12.8. The van der Waals surface area contributed by atoms with Crippen molar-refractivity contribution in [3.05, 3.63) is 25.3 Å². The van der Waals surface area contributed by atoms with Gasteiger partial charge in [0.1, 0.15) is 6.61 Å². The fraction of sp³-hybridized carbons (Fsp3) is 0.700. The van der Waals surface area contributed by atoms with Crippen molar-refractivity contribution < 1.29 is 28.9 Å². The number of esters is 1. The van der Waals surface area contributed by atoms with Crippen molar-refractivity contribution in [2.75, 3.05) is 19.8 Å². The molecule has 3 aliphatic rings. The Bertz CT molecular complexity index is 547. The molecule has 3 aliphatic carbocycles. The first-order valence-corrected chi connectivity index (χ1v) is 9.42. The minimum Gasteiger partial charge on any atom is -0.481 e. The SMILES string of the molecule is C=CCOC(COC(=O)C1C2CC(C3CCCC32)C1C(=O)O)OCC=C. The molecule has 0 amide bonds. The summed E-state index contributed by atoms with van der Waals surface area (Å²) in [4.78, 5) is 24.6. The lowest BCUT2D eigenvalue weighted by molar-refractivity contribution is -0.183. The molecule has 6 unspecified atom stereocenters. The van der Waals surface area contributed by atoms with E-state index < -0.39 is 30.1 Å². The highest BCUT2D eigenvalue weighted by Crippen LogP contribution is 2.63. The molecule has 26 heavy (non-hydrogen) atoms. The molecule has 6 nitrogen and oxygen atoms in total. The Balaban J connectivity index is 1.63. The van der Waals surface area contributed by atoms with E-state index in [1.165, 1.54) is 0 Å². The predicted molar refractivity (Wildman–Crippen MR) is 94.1 cm³/mol. The minimum absolute atomic E-state index is 0.0607. The number of ether oxygens (including phenoxy) is 3. The topological polar surface area (TPSA) is 82.1 Å². The van der Waals surface area contributed by atoms with Crippen LogP contribution >= 0.6 is 0 Å². The van der Waals surface area contributed by atoms with E-state index in [1.807, 2.05) is 0 Å². The Kier molecular flexibility index (Phi) is 6.14. The molecule has 3 saturated carbocycles. The lowest BCUT2D eigenvalue weighted by Gasteiger charge is -2.34. The Morgan fingerprint density at radius 3 is 2.12 bits per heavy atom. The van der Waals surface area contributed by atoms with Crippen LogP contribution in [0.3, 0.4) is 0 Å². The number of hydrogen-bond acceptors (Lipinski definition) is 5. The minimum atomic E-state index is -0.868. The van der Waals surface area contributed by atoms with Crippen molar-refractivity contribution in [2.45, 2.75) is 32.0 Å². The number of carbonyl (C=O) groups is 2. The van der Waals surface area contributed by atoms with Gasteiger partial charge < -0.3 is 19.3 Å². The van der Waals surface area contributed by atoms with E-state index in [4.69, 9.17) is 14.2 Å². The lowest BCUT2D eigenvalue weighted by Crippen LogP contribution is -2.42. The zero-order valence-electron chi connectivity index (χ0n) is 15.0. The van der Waals surface area contributed by atoms with Gasteiger partial charge in [-0.1, -0.05) is 18.6 Å². The number of hydrogen-bond donors (Lipinski definition) is 1. The molecular formula is C20H28O6. The molecule has 3 fully saturated rings. The smallest absolute Gasteiger partial charge is 0.310 e. The summed E-state index contributed by atoms with van der Waals surface area (Å²) in [5.41, 5.74) is 0. The summed E-state index contributed by atoms with van der Waals surface area (Å²) in [5.74, 6) is -1.24. The van der Waals surface area contributed by atoms with Crippen LogP contribution in [0, 0.1) is 35.5 Å². The summed E-state index contributed by atoms with van der Waals surface area (Å²) in [6.07, 6.45) is 6.65. The van der Waals surface area contributed by atoms with Gasteiger partial charge in [0.25, 0.3) is 0 Å². The van der Waals surface area contributed by atoms with E-state index in [2.05, 4.69) is 13.2 Å². The first kappa shape index (κ1) is 19.1. The zero-order valence-corrected chi connectivity index (χ0v) is 15.0. The summed E-state index contributed by atoms with van der Waals surface area (Å²) in [5, 5.41) is 9.70. The molecule has 6 atom stereocenters. The summed E-state index contributed by atoms with van der Waals surface area (Å²) in [7, 11) is 0. The predicted octanol–water partition coefficient (Wildman–Crippen LogP) is 2.64. The average molecular weight is 364 g/mol. The summed E-state index contributed by atoms with van der Waals surface area (Å²) >= 11 is 0. The Hall–Kier alpha value is -1.66. The number of rotatable bonds is 10. The molecule has 1 N–H and O–H groups in total. The molecule has 0 aromatic rings. The van der Waals surface area contributed by atoms with Crippen LogP contribution in [0.1, 0.15) is 25.7 Å². The molecule has 144 valence electrons. The van der Waals surface area contributed by atoms with Crippen LogP contribution < -0.4 is 0 Å². The van der Waals surface area contributed by atoms with Crippen molar-refractivity contribution in [3.8, 4) is 0 Å². The zero-order chi connectivity index (χ0) is 18.7. The number of carboxylic acids is 1. The first-order valence-electron chi connectivity index (χ1n) is 9.42. The van der Waals surface area contributed by atoms with Gasteiger partial charge in [-0.2, -0.15) is 0 Å². The van der Waals surface area contributed by atoms with Gasteiger partial charge in [-0.15, -0.1) is 13.2 Å². The van der Waals surface area contributed by atoms with Crippen LogP contribution in [0.5, 0.6) is 0 Å². The van der Waals surface area contributed by atoms with E-state index >= 15 is 0 Å². The second kappa shape index (κ2) is 8.35. The van der Waals surface area contributed by atoms with Crippen LogP contribution in [0.15, 0.2) is 25.3 Å². The quantitative estimate of drug-likeness (QED) is 0.365. The fourth-order valence-electron chi connectivity index (χ4n) is 5.50. The Morgan fingerprint density at radius 1 is 1.00 bits per heavy atom. The van der Waals surface area contributed by atoms with Crippen LogP contribution in [0.4, 0.5) is 0 Å².